The maximum Gasteiger partial charge on any atom is 0.316 e. The van der Waals surface area contributed by atoms with Gasteiger partial charge in [0.05, 0.1) is 5.41 Å². The molecule has 4 rings (SSSR count). The number of esters is 1. The zero-order chi connectivity index (χ0) is 30.5. The fraction of sp³-hybridized carbons (Fsp3) is 0.359. The second-order valence-electron chi connectivity index (χ2n) is 13.0. The normalized spacial score (nSPS) is 12.2. The van der Waals surface area contributed by atoms with Crippen molar-refractivity contribution in [2.45, 2.75) is 85.7 Å². The van der Waals surface area contributed by atoms with Crippen molar-refractivity contribution >= 4 is 5.97 Å². The Bertz CT molecular complexity index is 1500. The molecule has 0 unspecified atom stereocenters. The van der Waals surface area contributed by atoms with Gasteiger partial charge in [-0.3, -0.25) is 4.79 Å². The average Bonchev–Trinajstić information content (AvgIpc) is 2.98. The molecule has 4 aromatic carbocycles. The van der Waals surface area contributed by atoms with Crippen molar-refractivity contribution in [1.29, 1.82) is 0 Å². The highest BCUT2D eigenvalue weighted by atomic mass is 16.5. The fourth-order valence-electron chi connectivity index (χ4n) is 5.20. The van der Waals surface area contributed by atoms with E-state index in [9.17, 15) is 4.79 Å². The summed E-state index contributed by atoms with van der Waals surface area (Å²) in [5.74, 6) is 1.27. The molecule has 0 saturated carbocycles. The Morgan fingerprint density at radius 3 is 1.60 bits per heavy atom. The van der Waals surface area contributed by atoms with Crippen LogP contribution in [0.2, 0.25) is 0 Å². The van der Waals surface area contributed by atoms with Gasteiger partial charge in [-0.15, -0.1) is 0 Å². The lowest BCUT2D eigenvalue weighted by atomic mass is 9.76. The number of carbonyl (C=O) groups is 1. The number of ether oxygens (including phenoxy) is 2. The highest BCUT2D eigenvalue weighted by Gasteiger charge is 2.31. The van der Waals surface area contributed by atoms with E-state index in [1.54, 1.807) is 0 Å². The Labute approximate surface area is 252 Å². The van der Waals surface area contributed by atoms with Crippen LogP contribution in [0.1, 0.15) is 85.8 Å². The summed E-state index contributed by atoms with van der Waals surface area (Å²) in [4.78, 5) is 13.2. The Kier molecular flexibility index (Phi) is 9.30. The molecule has 0 spiro atoms. The van der Waals surface area contributed by atoms with Gasteiger partial charge in [0, 0.05) is 16.5 Å². The lowest BCUT2D eigenvalue weighted by molar-refractivity contribution is -0.144. The average molecular weight is 563 g/mol. The Hall–Kier alpha value is -3.85. The Morgan fingerprint density at radius 2 is 1.12 bits per heavy atom. The van der Waals surface area contributed by atoms with Crippen molar-refractivity contribution in [2.75, 3.05) is 0 Å². The van der Waals surface area contributed by atoms with Crippen LogP contribution in [0.25, 0.3) is 22.3 Å². The molecule has 0 saturated heterocycles. The molecular formula is C39H46O3. The van der Waals surface area contributed by atoms with Gasteiger partial charge in [-0.25, -0.2) is 0 Å². The van der Waals surface area contributed by atoms with Crippen molar-refractivity contribution in [2.24, 2.45) is 5.41 Å². The SMILES string of the molecule is CCCC(C)(C)C(=O)Oc1ccc(C(C)(C)c2ccc(OC(C)(C)CC)c(-c3ccccc3)c2)cc1-c1ccccc1. The van der Waals surface area contributed by atoms with Crippen molar-refractivity contribution < 1.29 is 14.3 Å². The van der Waals surface area contributed by atoms with Crippen molar-refractivity contribution in [1.82, 2.24) is 0 Å². The maximum atomic E-state index is 13.2. The van der Waals surface area contributed by atoms with E-state index in [0.717, 1.165) is 52.8 Å². The molecule has 0 fully saturated rings. The molecule has 0 N–H and O–H groups in total. The molecule has 0 aromatic heterocycles. The van der Waals surface area contributed by atoms with E-state index >= 15 is 0 Å². The van der Waals surface area contributed by atoms with Crippen LogP contribution in [0.4, 0.5) is 0 Å². The van der Waals surface area contributed by atoms with Crippen LogP contribution in [-0.4, -0.2) is 11.6 Å². The summed E-state index contributed by atoms with van der Waals surface area (Å²) in [6.07, 6.45) is 2.60. The Balaban J connectivity index is 1.80. The molecule has 0 atom stereocenters. The van der Waals surface area contributed by atoms with Crippen LogP contribution in [0.5, 0.6) is 11.5 Å². The third kappa shape index (κ3) is 6.95. The van der Waals surface area contributed by atoms with Gasteiger partial charge in [-0.2, -0.15) is 0 Å². The van der Waals surface area contributed by atoms with Crippen molar-refractivity contribution in [3.05, 3.63) is 108 Å². The molecule has 0 heterocycles. The van der Waals surface area contributed by atoms with Crippen molar-refractivity contribution in [3.8, 4) is 33.8 Å². The zero-order valence-electron chi connectivity index (χ0n) is 26.6. The van der Waals surface area contributed by atoms with Gasteiger partial charge in [-0.05, 0) is 87.1 Å². The third-order valence-corrected chi connectivity index (χ3v) is 8.44. The highest BCUT2D eigenvalue weighted by Crippen LogP contribution is 2.42. The van der Waals surface area contributed by atoms with Gasteiger partial charge in [0.25, 0.3) is 0 Å². The number of hydrogen-bond donors (Lipinski definition) is 0. The van der Waals surface area contributed by atoms with Gasteiger partial charge in [0.15, 0.2) is 0 Å². The molecule has 0 radical (unpaired) electrons. The van der Waals surface area contributed by atoms with Crippen LogP contribution in [0, 0.1) is 5.41 Å². The topological polar surface area (TPSA) is 35.5 Å². The summed E-state index contributed by atoms with van der Waals surface area (Å²) >= 11 is 0. The van der Waals surface area contributed by atoms with Gasteiger partial charge in [0.1, 0.15) is 17.1 Å². The van der Waals surface area contributed by atoms with E-state index in [0.29, 0.717) is 5.75 Å². The molecule has 3 heteroatoms. The lowest BCUT2D eigenvalue weighted by Gasteiger charge is -2.30. The largest absolute Gasteiger partial charge is 0.487 e. The van der Waals surface area contributed by atoms with E-state index in [2.05, 4.69) is 108 Å². The first-order valence-corrected chi connectivity index (χ1v) is 15.2. The molecule has 3 nitrogen and oxygen atoms in total. The summed E-state index contributed by atoms with van der Waals surface area (Å²) in [5, 5.41) is 0. The monoisotopic (exact) mass is 562 g/mol. The van der Waals surface area contributed by atoms with Crippen LogP contribution >= 0.6 is 0 Å². The van der Waals surface area contributed by atoms with E-state index in [4.69, 9.17) is 9.47 Å². The van der Waals surface area contributed by atoms with Crippen LogP contribution in [0.15, 0.2) is 97.1 Å². The third-order valence-electron chi connectivity index (χ3n) is 8.44. The molecule has 0 aliphatic heterocycles. The molecule has 0 amide bonds. The predicted molar refractivity (Wildman–Crippen MR) is 175 cm³/mol. The predicted octanol–water partition coefficient (Wildman–Crippen LogP) is 10.6. The zero-order valence-corrected chi connectivity index (χ0v) is 26.6. The Morgan fingerprint density at radius 1 is 0.643 bits per heavy atom. The minimum Gasteiger partial charge on any atom is -0.487 e. The number of rotatable bonds is 11. The minimum atomic E-state index is -0.551. The highest BCUT2D eigenvalue weighted by molar-refractivity contribution is 5.82. The first-order valence-electron chi connectivity index (χ1n) is 15.2. The summed E-state index contributed by atoms with van der Waals surface area (Å²) in [7, 11) is 0. The lowest BCUT2D eigenvalue weighted by Crippen LogP contribution is -2.29. The summed E-state index contributed by atoms with van der Waals surface area (Å²) in [5.41, 5.74) is 5.28. The second-order valence-corrected chi connectivity index (χ2v) is 13.0. The van der Waals surface area contributed by atoms with Gasteiger partial charge in [-0.1, -0.05) is 107 Å². The van der Waals surface area contributed by atoms with E-state index in [1.807, 2.05) is 44.2 Å². The van der Waals surface area contributed by atoms with Gasteiger partial charge < -0.3 is 9.47 Å². The maximum absolute atomic E-state index is 13.2. The van der Waals surface area contributed by atoms with Gasteiger partial charge in [0.2, 0.25) is 0 Å². The quantitative estimate of drug-likeness (QED) is 0.135. The van der Waals surface area contributed by atoms with Crippen LogP contribution in [0.3, 0.4) is 0 Å². The molecule has 0 bridgehead atoms. The molecular weight excluding hydrogens is 516 g/mol. The fourth-order valence-corrected chi connectivity index (χ4v) is 5.20. The van der Waals surface area contributed by atoms with Crippen LogP contribution in [-0.2, 0) is 10.2 Å². The first kappa shape index (κ1) is 31.1. The second kappa shape index (κ2) is 12.6. The number of benzene rings is 4. The number of hydrogen-bond acceptors (Lipinski definition) is 3. The molecule has 42 heavy (non-hydrogen) atoms. The first-order chi connectivity index (χ1) is 19.9. The molecule has 0 aliphatic carbocycles. The van der Waals surface area contributed by atoms with Crippen LogP contribution < -0.4 is 9.47 Å². The van der Waals surface area contributed by atoms with E-state index in [-0.39, 0.29) is 17.0 Å². The minimum absolute atomic E-state index is 0.202. The summed E-state index contributed by atoms with van der Waals surface area (Å²) in [6.45, 7) is 16.9. The standard InChI is InChI=1S/C39H46O3/c1-9-25-37(3,4)36(40)41-34-23-21-30(26-32(34)28-17-13-11-14-18-28)39(7,8)31-22-24-35(42-38(5,6)10-2)33(27-31)29-19-15-12-16-20-29/h11-24,26-27H,9-10,25H2,1-8H3. The number of carbonyl (C=O) groups excluding carboxylic acids is 1. The molecule has 220 valence electrons. The van der Waals surface area contributed by atoms with E-state index in [1.165, 1.54) is 5.56 Å². The van der Waals surface area contributed by atoms with E-state index < -0.39 is 5.41 Å². The summed E-state index contributed by atoms with van der Waals surface area (Å²) in [6, 6.07) is 33.4. The van der Waals surface area contributed by atoms with Gasteiger partial charge >= 0.3 is 5.97 Å². The molecule has 0 aliphatic rings. The van der Waals surface area contributed by atoms with Crippen molar-refractivity contribution in [3.63, 3.8) is 0 Å². The smallest absolute Gasteiger partial charge is 0.316 e. The molecule has 4 aromatic rings. The summed E-state index contributed by atoms with van der Waals surface area (Å²) < 4.78 is 12.6.